The Morgan fingerprint density at radius 2 is 2.18 bits per heavy atom. The fourth-order valence-electron chi connectivity index (χ4n) is 2.01. The van der Waals surface area contributed by atoms with Crippen LogP contribution in [0.5, 0.6) is 0 Å². The predicted molar refractivity (Wildman–Crippen MR) is 69.8 cm³/mol. The zero-order valence-electron chi connectivity index (χ0n) is 9.63. The molecule has 1 heterocycles. The molecular weight excluding hydrogens is 234 g/mol. The monoisotopic (exact) mass is 251 g/mol. The highest BCUT2D eigenvalue weighted by molar-refractivity contribution is 7.10. The molecule has 17 heavy (non-hydrogen) atoms. The average molecular weight is 251 g/mol. The molecule has 0 unspecified atom stereocenters. The van der Waals surface area contributed by atoms with Crippen LogP contribution >= 0.6 is 11.3 Å². The lowest BCUT2D eigenvalue weighted by molar-refractivity contribution is -0.117. The Morgan fingerprint density at radius 3 is 2.82 bits per heavy atom. The molecule has 4 heteroatoms. The van der Waals surface area contributed by atoms with Crippen LogP contribution in [-0.4, -0.2) is 23.2 Å². The number of thiophene rings is 1. The van der Waals surface area contributed by atoms with E-state index in [1.807, 2.05) is 23.6 Å². The number of amides is 1. The van der Waals surface area contributed by atoms with E-state index in [1.165, 1.54) is 0 Å². The molecule has 0 aliphatic heterocycles. The van der Waals surface area contributed by atoms with Gasteiger partial charge in [0.2, 0.25) is 5.91 Å². The van der Waals surface area contributed by atoms with Crippen molar-refractivity contribution in [3.63, 3.8) is 0 Å². The number of carbonyl (C=O) groups is 1. The van der Waals surface area contributed by atoms with Crippen molar-refractivity contribution in [2.75, 3.05) is 0 Å². The van der Waals surface area contributed by atoms with Gasteiger partial charge in [0, 0.05) is 17.0 Å². The summed E-state index contributed by atoms with van der Waals surface area (Å²) >= 11 is 1.61. The number of carbonyl (C=O) groups excluding carboxylic acids is 1. The van der Waals surface area contributed by atoms with Gasteiger partial charge in [-0.1, -0.05) is 6.07 Å². The third-order valence-corrected chi connectivity index (χ3v) is 3.82. The summed E-state index contributed by atoms with van der Waals surface area (Å²) < 4.78 is 0. The molecule has 0 atom stereocenters. The van der Waals surface area contributed by atoms with Gasteiger partial charge in [-0.15, -0.1) is 11.3 Å². The van der Waals surface area contributed by atoms with E-state index in [2.05, 4.69) is 5.32 Å². The van der Waals surface area contributed by atoms with Crippen molar-refractivity contribution >= 4 is 23.3 Å². The quantitative estimate of drug-likeness (QED) is 0.809. The number of nitrogens with one attached hydrogen (secondary N) is 1. The molecule has 0 saturated heterocycles. The summed E-state index contributed by atoms with van der Waals surface area (Å²) in [5.41, 5.74) is 0. The van der Waals surface area contributed by atoms with Gasteiger partial charge < -0.3 is 10.4 Å². The number of aliphatic hydroxyl groups is 1. The van der Waals surface area contributed by atoms with Crippen LogP contribution < -0.4 is 5.32 Å². The summed E-state index contributed by atoms with van der Waals surface area (Å²) in [7, 11) is 0. The Kier molecular flexibility index (Phi) is 4.34. The van der Waals surface area contributed by atoms with Crippen LogP contribution in [0.4, 0.5) is 0 Å². The van der Waals surface area contributed by atoms with Gasteiger partial charge in [0.05, 0.1) is 6.10 Å². The minimum absolute atomic E-state index is 0.0419. The topological polar surface area (TPSA) is 49.3 Å². The zero-order chi connectivity index (χ0) is 12.1. The normalized spacial score (nSPS) is 25.0. The van der Waals surface area contributed by atoms with Gasteiger partial charge in [0.1, 0.15) is 0 Å². The van der Waals surface area contributed by atoms with E-state index in [-0.39, 0.29) is 18.1 Å². The zero-order valence-corrected chi connectivity index (χ0v) is 10.5. The van der Waals surface area contributed by atoms with Gasteiger partial charge in [0.15, 0.2) is 0 Å². The number of rotatable bonds is 3. The molecule has 1 aliphatic carbocycles. The van der Waals surface area contributed by atoms with Crippen LogP contribution in [0.25, 0.3) is 6.08 Å². The Morgan fingerprint density at radius 1 is 1.41 bits per heavy atom. The van der Waals surface area contributed by atoms with Crippen molar-refractivity contribution in [1.29, 1.82) is 0 Å². The molecule has 1 aromatic heterocycles. The van der Waals surface area contributed by atoms with Crippen LogP contribution in [0.1, 0.15) is 30.6 Å². The Bertz CT molecular complexity index is 378. The summed E-state index contributed by atoms with van der Waals surface area (Å²) in [6, 6.07) is 4.16. The average Bonchev–Trinajstić information content (AvgIpc) is 2.83. The molecule has 1 aliphatic rings. The van der Waals surface area contributed by atoms with E-state index in [1.54, 1.807) is 17.4 Å². The Labute approximate surface area is 105 Å². The van der Waals surface area contributed by atoms with Crippen LogP contribution in [-0.2, 0) is 4.79 Å². The van der Waals surface area contributed by atoms with E-state index >= 15 is 0 Å². The van der Waals surface area contributed by atoms with Crippen molar-refractivity contribution in [3.05, 3.63) is 28.5 Å². The molecular formula is C13H17NO2S. The number of hydrogen-bond acceptors (Lipinski definition) is 3. The van der Waals surface area contributed by atoms with Crippen LogP contribution in [0.3, 0.4) is 0 Å². The highest BCUT2D eigenvalue weighted by Gasteiger charge is 2.19. The second-order valence-electron chi connectivity index (χ2n) is 4.36. The van der Waals surface area contributed by atoms with Gasteiger partial charge in [-0.05, 0) is 43.2 Å². The first-order valence-electron chi connectivity index (χ1n) is 5.94. The van der Waals surface area contributed by atoms with Crippen molar-refractivity contribution in [1.82, 2.24) is 5.32 Å². The molecule has 3 nitrogen and oxygen atoms in total. The summed E-state index contributed by atoms with van der Waals surface area (Å²) in [6.45, 7) is 0. The lowest BCUT2D eigenvalue weighted by Gasteiger charge is -2.25. The first kappa shape index (κ1) is 12.3. The van der Waals surface area contributed by atoms with Crippen LogP contribution in [0.2, 0.25) is 0 Å². The fourth-order valence-corrected chi connectivity index (χ4v) is 2.63. The molecule has 1 aromatic rings. The molecule has 92 valence electrons. The number of aliphatic hydroxyl groups excluding tert-OH is 1. The SMILES string of the molecule is O=C(/C=C/c1cccs1)NC1CCC(O)CC1. The maximum atomic E-state index is 11.6. The van der Waals surface area contributed by atoms with Gasteiger partial charge >= 0.3 is 0 Å². The molecule has 0 bridgehead atoms. The molecule has 2 N–H and O–H groups in total. The molecule has 1 fully saturated rings. The smallest absolute Gasteiger partial charge is 0.244 e. The van der Waals surface area contributed by atoms with Crippen LogP contribution in [0, 0.1) is 0 Å². The van der Waals surface area contributed by atoms with E-state index in [9.17, 15) is 9.90 Å². The molecule has 0 radical (unpaired) electrons. The molecule has 1 amide bonds. The molecule has 1 saturated carbocycles. The largest absolute Gasteiger partial charge is 0.393 e. The Balaban J connectivity index is 1.77. The first-order chi connectivity index (χ1) is 8.24. The molecule has 0 spiro atoms. The second-order valence-corrected chi connectivity index (χ2v) is 5.34. The lowest BCUT2D eigenvalue weighted by atomic mass is 9.93. The third-order valence-electron chi connectivity index (χ3n) is 2.99. The van der Waals surface area contributed by atoms with Crippen LogP contribution in [0.15, 0.2) is 23.6 Å². The van der Waals surface area contributed by atoms with E-state index < -0.39 is 0 Å². The van der Waals surface area contributed by atoms with Gasteiger partial charge in [-0.25, -0.2) is 0 Å². The van der Waals surface area contributed by atoms with Crippen molar-refractivity contribution in [2.24, 2.45) is 0 Å². The van der Waals surface area contributed by atoms with E-state index in [0.29, 0.717) is 0 Å². The maximum absolute atomic E-state index is 11.6. The van der Waals surface area contributed by atoms with Crippen molar-refractivity contribution in [2.45, 2.75) is 37.8 Å². The minimum Gasteiger partial charge on any atom is -0.393 e. The summed E-state index contributed by atoms with van der Waals surface area (Å²) in [5.74, 6) is -0.0419. The lowest BCUT2D eigenvalue weighted by Crippen LogP contribution is -2.37. The van der Waals surface area contributed by atoms with Gasteiger partial charge in [-0.2, -0.15) is 0 Å². The molecule has 2 rings (SSSR count). The van der Waals surface area contributed by atoms with Gasteiger partial charge in [0.25, 0.3) is 0 Å². The summed E-state index contributed by atoms with van der Waals surface area (Å²) in [4.78, 5) is 12.7. The summed E-state index contributed by atoms with van der Waals surface area (Å²) in [5, 5.41) is 14.3. The maximum Gasteiger partial charge on any atom is 0.244 e. The third kappa shape index (κ3) is 3.98. The van der Waals surface area contributed by atoms with Crippen molar-refractivity contribution < 1.29 is 9.90 Å². The predicted octanol–water partition coefficient (Wildman–Crippen LogP) is 2.18. The number of hydrogen-bond donors (Lipinski definition) is 2. The van der Waals surface area contributed by atoms with Crippen molar-refractivity contribution in [3.8, 4) is 0 Å². The highest BCUT2D eigenvalue weighted by atomic mass is 32.1. The first-order valence-corrected chi connectivity index (χ1v) is 6.82. The van der Waals surface area contributed by atoms with E-state index in [4.69, 9.17) is 0 Å². The summed E-state index contributed by atoms with van der Waals surface area (Å²) in [6.07, 6.45) is 6.57. The Hall–Kier alpha value is -1.13. The minimum atomic E-state index is -0.176. The molecule has 0 aromatic carbocycles. The second kappa shape index (κ2) is 5.98. The van der Waals surface area contributed by atoms with Gasteiger partial charge in [-0.3, -0.25) is 4.79 Å². The fraction of sp³-hybridized carbons (Fsp3) is 0.462. The highest BCUT2D eigenvalue weighted by Crippen LogP contribution is 2.18. The van der Waals surface area contributed by atoms with E-state index in [0.717, 1.165) is 30.6 Å². The standard InChI is InChI=1S/C13H17NO2S/c15-11-5-3-10(4-6-11)14-13(16)8-7-12-2-1-9-17-12/h1-2,7-11,15H,3-6H2,(H,14,16)/b8-7+.